The molecule has 0 spiro atoms. The summed E-state index contributed by atoms with van der Waals surface area (Å²) in [6.07, 6.45) is 3.08. The first-order valence-corrected chi connectivity index (χ1v) is 5.66. The molecule has 3 heteroatoms. The van der Waals surface area contributed by atoms with Crippen LogP contribution in [-0.2, 0) is 4.79 Å². The molecule has 0 bridgehead atoms. The van der Waals surface area contributed by atoms with E-state index >= 15 is 0 Å². The predicted octanol–water partition coefficient (Wildman–Crippen LogP) is 0.724. The number of aliphatic carboxylic acids is 1. The van der Waals surface area contributed by atoms with Crippen molar-refractivity contribution < 1.29 is 9.90 Å². The van der Waals surface area contributed by atoms with Crippen molar-refractivity contribution in [1.29, 1.82) is 0 Å². The summed E-state index contributed by atoms with van der Waals surface area (Å²) < 4.78 is 0. The Balaban J connectivity index is 2.30. The third-order valence-electron chi connectivity index (χ3n) is 3.57. The van der Waals surface area contributed by atoms with Crippen molar-refractivity contribution in [2.45, 2.75) is 25.3 Å². The van der Waals surface area contributed by atoms with Crippen LogP contribution in [0.4, 0.5) is 0 Å². The molecule has 3 rings (SSSR count). The van der Waals surface area contributed by atoms with Crippen molar-refractivity contribution in [3.05, 3.63) is 34.8 Å². The van der Waals surface area contributed by atoms with Crippen LogP contribution in [0, 0.1) is 5.92 Å². The summed E-state index contributed by atoms with van der Waals surface area (Å²) in [5.41, 5.74) is 1.30. The number of nitrogens with zero attached hydrogens (tertiary/aromatic N) is 1. The molecule has 1 N–H and O–H groups in total. The first-order chi connectivity index (χ1) is 7.77. The van der Waals surface area contributed by atoms with Crippen LogP contribution in [0.15, 0.2) is 29.3 Å². The second-order valence-electron chi connectivity index (χ2n) is 4.45. The highest BCUT2D eigenvalue weighted by atomic mass is 16.4. The number of para-hydroxylation sites is 1. The van der Waals surface area contributed by atoms with Gasteiger partial charge in [-0.05, 0) is 30.5 Å². The van der Waals surface area contributed by atoms with Crippen LogP contribution < -0.4 is 10.6 Å². The van der Waals surface area contributed by atoms with Gasteiger partial charge in [0, 0.05) is 5.92 Å². The maximum Gasteiger partial charge on any atom is 0.329 e. The van der Waals surface area contributed by atoms with Crippen LogP contribution in [0.1, 0.15) is 19.3 Å². The maximum atomic E-state index is 11.2. The molecule has 1 aliphatic heterocycles. The zero-order chi connectivity index (χ0) is 11.1. The highest BCUT2D eigenvalue weighted by molar-refractivity contribution is 5.77. The molecule has 1 aromatic carbocycles. The Hall–Kier alpha value is -1.64. The highest BCUT2D eigenvalue weighted by Gasteiger charge is 2.35. The first-order valence-electron chi connectivity index (χ1n) is 5.66. The minimum Gasteiger partial charge on any atom is -0.480 e. The summed E-state index contributed by atoms with van der Waals surface area (Å²) >= 11 is 0. The molecule has 0 aromatic heterocycles. The van der Waals surface area contributed by atoms with Crippen molar-refractivity contribution in [1.82, 2.24) is 0 Å². The number of carboxylic acid groups (broad SMARTS) is 1. The number of carbonyl (C=O) groups is 1. The van der Waals surface area contributed by atoms with E-state index in [4.69, 9.17) is 0 Å². The fraction of sp³-hybridized carbons (Fsp3) is 0.385. The quantitative estimate of drug-likeness (QED) is 0.750. The largest absolute Gasteiger partial charge is 0.480 e. The van der Waals surface area contributed by atoms with E-state index in [0.29, 0.717) is 0 Å². The Morgan fingerprint density at radius 2 is 2.19 bits per heavy atom. The van der Waals surface area contributed by atoms with E-state index in [2.05, 4.69) is 11.1 Å². The van der Waals surface area contributed by atoms with Gasteiger partial charge in [0.15, 0.2) is 6.04 Å². The molecule has 0 saturated heterocycles. The molecule has 82 valence electrons. The number of hydrogen-bond donors (Lipinski definition) is 1. The third kappa shape index (κ3) is 1.28. The van der Waals surface area contributed by atoms with Crippen molar-refractivity contribution in [3.63, 3.8) is 0 Å². The van der Waals surface area contributed by atoms with Gasteiger partial charge < -0.3 is 5.11 Å². The van der Waals surface area contributed by atoms with E-state index in [1.54, 1.807) is 0 Å². The van der Waals surface area contributed by atoms with Gasteiger partial charge in [-0.3, -0.25) is 4.99 Å². The van der Waals surface area contributed by atoms with Gasteiger partial charge in [-0.2, -0.15) is 0 Å². The van der Waals surface area contributed by atoms with E-state index in [0.717, 1.165) is 24.6 Å². The number of carboxylic acids is 1. The van der Waals surface area contributed by atoms with E-state index in [9.17, 15) is 9.90 Å². The fourth-order valence-electron chi connectivity index (χ4n) is 2.88. The van der Waals surface area contributed by atoms with Gasteiger partial charge in [0.25, 0.3) is 0 Å². The van der Waals surface area contributed by atoms with Gasteiger partial charge in [0.1, 0.15) is 0 Å². The Labute approximate surface area is 93.1 Å². The van der Waals surface area contributed by atoms with E-state index in [1.165, 1.54) is 10.8 Å². The third-order valence-corrected chi connectivity index (χ3v) is 3.57. The van der Waals surface area contributed by atoms with Crippen LogP contribution in [0.3, 0.4) is 0 Å². The van der Waals surface area contributed by atoms with Gasteiger partial charge >= 0.3 is 5.97 Å². The van der Waals surface area contributed by atoms with Crippen molar-refractivity contribution in [2.75, 3.05) is 0 Å². The molecular weight excluding hydrogens is 202 g/mol. The Morgan fingerprint density at radius 3 is 3.00 bits per heavy atom. The van der Waals surface area contributed by atoms with E-state index < -0.39 is 12.0 Å². The maximum absolute atomic E-state index is 11.2. The molecule has 0 amide bonds. The van der Waals surface area contributed by atoms with Crippen LogP contribution in [0.5, 0.6) is 0 Å². The van der Waals surface area contributed by atoms with Crippen molar-refractivity contribution in [3.8, 4) is 0 Å². The molecule has 0 radical (unpaired) electrons. The number of rotatable bonds is 1. The lowest BCUT2D eigenvalue weighted by Crippen LogP contribution is -2.41. The summed E-state index contributed by atoms with van der Waals surface area (Å²) in [4.78, 5) is 15.6. The van der Waals surface area contributed by atoms with Gasteiger partial charge in [0.2, 0.25) is 0 Å². The van der Waals surface area contributed by atoms with Crippen LogP contribution in [0.25, 0.3) is 5.57 Å². The standard InChI is InChI=1S/C13H13NO2/c15-13(16)12-10-6-3-5-8(10)9-4-1-2-7-11(9)14-12/h1-2,4,7,10,12H,3,5-6H2,(H,15,16). The van der Waals surface area contributed by atoms with E-state index in [1.807, 2.05) is 18.2 Å². The second-order valence-corrected chi connectivity index (χ2v) is 4.45. The zero-order valence-electron chi connectivity index (χ0n) is 8.89. The number of fused-ring (bicyclic) bond motifs is 2. The Morgan fingerprint density at radius 1 is 1.38 bits per heavy atom. The Kier molecular flexibility index (Phi) is 2.06. The molecule has 3 nitrogen and oxygen atoms in total. The normalized spacial score (nSPS) is 26.9. The molecule has 1 saturated carbocycles. The molecule has 1 fully saturated rings. The van der Waals surface area contributed by atoms with Crippen LogP contribution in [0.2, 0.25) is 0 Å². The molecule has 16 heavy (non-hydrogen) atoms. The molecule has 2 atom stereocenters. The summed E-state index contributed by atoms with van der Waals surface area (Å²) in [6.45, 7) is 0. The summed E-state index contributed by atoms with van der Waals surface area (Å²) in [5, 5.41) is 11.2. The summed E-state index contributed by atoms with van der Waals surface area (Å²) in [7, 11) is 0. The highest BCUT2D eigenvalue weighted by Crippen LogP contribution is 2.35. The lowest BCUT2D eigenvalue weighted by Gasteiger charge is -2.21. The fourth-order valence-corrected chi connectivity index (χ4v) is 2.88. The SMILES string of the molecule is O=C(O)C1N=c2ccccc2=C2CCCC21. The first kappa shape index (κ1) is 9.58. The summed E-state index contributed by atoms with van der Waals surface area (Å²) in [6, 6.07) is 7.32. The summed E-state index contributed by atoms with van der Waals surface area (Å²) in [5.74, 6) is -0.661. The smallest absolute Gasteiger partial charge is 0.329 e. The Bertz CT molecular complexity index is 562. The lowest BCUT2D eigenvalue weighted by molar-refractivity contribution is -0.139. The lowest BCUT2D eigenvalue weighted by atomic mass is 9.90. The number of benzene rings is 1. The second kappa shape index (κ2) is 3.44. The van der Waals surface area contributed by atoms with Crippen LogP contribution >= 0.6 is 0 Å². The predicted molar refractivity (Wildman–Crippen MR) is 59.4 cm³/mol. The number of hydrogen-bond acceptors (Lipinski definition) is 2. The molecule has 2 aliphatic rings. The average molecular weight is 215 g/mol. The molecular formula is C13H13NO2. The van der Waals surface area contributed by atoms with Gasteiger partial charge in [-0.1, -0.05) is 23.8 Å². The minimum absolute atomic E-state index is 0.132. The topological polar surface area (TPSA) is 49.7 Å². The molecule has 1 aliphatic carbocycles. The van der Waals surface area contributed by atoms with Crippen LogP contribution in [-0.4, -0.2) is 17.1 Å². The zero-order valence-corrected chi connectivity index (χ0v) is 8.89. The molecule has 2 unspecified atom stereocenters. The van der Waals surface area contributed by atoms with Crippen molar-refractivity contribution in [2.24, 2.45) is 10.9 Å². The van der Waals surface area contributed by atoms with Crippen molar-refractivity contribution >= 4 is 11.5 Å². The van der Waals surface area contributed by atoms with Gasteiger partial charge in [-0.15, -0.1) is 0 Å². The van der Waals surface area contributed by atoms with Gasteiger partial charge in [-0.25, -0.2) is 4.79 Å². The average Bonchev–Trinajstić information content (AvgIpc) is 2.76. The monoisotopic (exact) mass is 215 g/mol. The minimum atomic E-state index is -0.793. The van der Waals surface area contributed by atoms with E-state index in [-0.39, 0.29) is 5.92 Å². The van der Waals surface area contributed by atoms with Gasteiger partial charge in [0.05, 0.1) is 5.36 Å². The molecule has 1 heterocycles. The molecule has 1 aromatic rings.